The van der Waals surface area contributed by atoms with Crippen LogP contribution in [0.2, 0.25) is 0 Å². The van der Waals surface area contributed by atoms with Gasteiger partial charge < -0.3 is 11.1 Å². The number of hydrogen-bond acceptors (Lipinski definition) is 4. The van der Waals surface area contributed by atoms with Gasteiger partial charge >= 0.3 is 0 Å². The molecule has 4 nitrogen and oxygen atoms in total. The van der Waals surface area contributed by atoms with Gasteiger partial charge in [-0.05, 0) is 46.9 Å². The Morgan fingerprint density at radius 1 is 1.31 bits per heavy atom. The number of halogens is 1. The number of benzene rings is 1. The van der Waals surface area contributed by atoms with E-state index in [1.165, 1.54) is 0 Å². The van der Waals surface area contributed by atoms with Crippen LogP contribution in [-0.2, 0) is 6.54 Å². The lowest BCUT2D eigenvalue weighted by Crippen LogP contribution is -2.03. The van der Waals surface area contributed by atoms with E-state index >= 15 is 0 Å². The summed E-state index contributed by atoms with van der Waals surface area (Å²) in [5.74, 6) is 0. The molecule has 2 rings (SSSR count). The summed E-state index contributed by atoms with van der Waals surface area (Å²) in [5, 5.41) is 3.30. The molecule has 0 aliphatic heterocycles. The number of hydrogen-bond donors (Lipinski definition) is 2. The quantitative estimate of drug-likeness (QED) is 0.671. The zero-order chi connectivity index (χ0) is 11.4. The Balaban J connectivity index is 2.05. The molecule has 0 saturated heterocycles. The van der Waals surface area contributed by atoms with E-state index < -0.39 is 0 Å². The molecule has 0 spiro atoms. The van der Waals surface area contributed by atoms with Crippen LogP contribution in [0.5, 0.6) is 0 Å². The fraction of sp³-hybridized carbons (Fsp3) is 0.0909. The van der Waals surface area contributed by atoms with Crippen molar-refractivity contribution >= 4 is 34.0 Å². The van der Waals surface area contributed by atoms with Crippen LogP contribution in [0.1, 0.15) is 5.69 Å². The summed E-state index contributed by atoms with van der Waals surface area (Å²) in [6.07, 6.45) is 3.28. The first-order valence-corrected chi connectivity index (χ1v) is 5.87. The lowest BCUT2D eigenvalue weighted by molar-refractivity contribution is 1.01. The number of rotatable bonds is 3. The molecule has 0 unspecified atom stereocenters. The minimum atomic E-state index is 0.683. The maximum absolute atomic E-state index is 5.68. The van der Waals surface area contributed by atoms with Crippen LogP contribution in [0.4, 0.5) is 11.4 Å². The molecule has 1 heterocycles. The summed E-state index contributed by atoms with van der Waals surface area (Å²) in [4.78, 5) is 8.01. The maximum atomic E-state index is 5.68. The highest BCUT2D eigenvalue weighted by Crippen LogP contribution is 2.20. The summed E-state index contributed by atoms with van der Waals surface area (Å²) in [6, 6.07) is 7.67. The van der Waals surface area contributed by atoms with Gasteiger partial charge in [0, 0.05) is 21.1 Å². The second-order valence-corrected chi connectivity index (χ2v) is 4.46. The maximum Gasteiger partial charge on any atom is 0.115 e. The Morgan fingerprint density at radius 3 is 2.88 bits per heavy atom. The van der Waals surface area contributed by atoms with Gasteiger partial charge in [-0.15, -0.1) is 0 Å². The smallest absolute Gasteiger partial charge is 0.115 e. The van der Waals surface area contributed by atoms with Crippen LogP contribution in [0, 0.1) is 3.57 Å². The first kappa shape index (κ1) is 11.1. The van der Waals surface area contributed by atoms with Crippen LogP contribution in [-0.4, -0.2) is 9.97 Å². The van der Waals surface area contributed by atoms with Crippen molar-refractivity contribution in [2.75, 3.05) is 11.1 Å². The average Bonchev–Trinajstić information content (AvgIpc) is 2.29. The monoisotopic (exact) mass is 326 g/mol. The normalized spacial score (nSPS) is 10.1. The minimum Gasteiger partial charge on any atom is -0.399 e. The molecule has 2 aromatic rings. The number of aromatic nitrogens is 2. The van der Waals surface area contributed by atoms with E-state index in [1.54, 1.807) is 12.5 Å². The third-order valence-corrected chi connectivity index (χ3v) is 2.99. The predicted molar refractivity (Wildman–Crippen MR) is 72.9 cm³/mol. The van der Waals surface area contributed by atoms with Crippen molar-refractivity contribution in [3.8, 4) is 0 Å². The number of nitrogens with two attached hydrogens (primary N) is 1. The van der Waals surface area contributed by atoms with Crippen LogP contribution in [0.15, 0.2) is 36.8 Å². The molecule has 0 aliphatic rings. The molecule has 0 fully saturated rings. The topological polar surface area (TPSA) is 63.8 Å². The Labute approximate surface area is 107 Å². The van der Waals surface area contributed by atoms with Gasteiger partial charge in [-0.25, -0.2) is 9.97 Å². The molecular weight excluding hydrogens is 315 g/mol. The van der Waals surface area contributed by atoms with Crippen molar-refractivity contribution < 1.29 is 0 Å². The molecule has 0 aliphatic carbocycles. The molecule has 0 radical (unpaired) electrons. The van der Waals surface area contributed by atoms with Gasteiger partial charge in [0.25, 0.3) is 0 Å². The van der Waals surface area contributed by atoms with E-state index in [-0.39, 0.29) is 0 Å². The van der Waals surface area contributed by atoms with Crippen molar-refractivity contribution in [1.82, 2.24) is 9.97 Å². The lowest BCUT2D eigenvalue weighted by atomic mass is 10.3. The van der Waals surface area contributed by atoms with E-state index in [0.717, 1.165) is 20.6 Å². The van der Waals surface area contributed by atoms with Gasteiger partial charge in [0.05, 0.1) is 12.2 Å². The molecule has 0 saturated carbocycles. The van der Waals surface area contributed by atoms with Crippen molar-refractivity contribution in [2.45, 2.75) is 6.54 Å². The Hall–Kier alpha value is -1.37. The minimum absolute atomic E-state index is 0.683. The highest BCUT2D eigenvalue weighted by Gasteiger charge is 2.00. The Morgan fingerprint density at radius 2 is 2.19 bits per heavy atom. The third kappa shape index (κ3) is 2.82. The fourth-order valence-electron chi connectivity index (χ4n) is 1.28. The zero-order valence-electron chi connectivity index (χ0n) is 8.52. The molecule has 5 heteroatoms. The van der Waals surface area contributed by atoms with E-state index in [0.29, 0.717) is 6.54 Å². The van der Waals surface area contributed by atoms with E-state index in [1.807, 2.05) is 24.3 Å². The first-order valence-electron chi connectivity index (χ1n) is 4.79. The van der Waals surface area contributed by atoms with Crippen LogP contribution >= 0.6 is 22.6 Å². The van der Waals surface area contributed by atoms with Gasteiger partial charge in [-0.1, -0.05) is 0 Å². The molecule has 1 aromatic carbocycles. The number of nitrogens with zero attached hydrogens (tertiary/aromatic N) is 2. The Kier molecular flexibility index (Phi) is 3.55. The summed E-state index contributed by atoms with van der Waals surface area (Å²) in [5.41, 5.74) is 8.48. The van der Waals surface area contributed by atoms with Gasteiger partial charge in [-0.2, -0.15) is 0 Å². The van der Waals surface area contributed by atoms with E-state index in [2.05, 4.69) is 37.9 Å². The summed E-state index contributed by atoms with van der Waals surface area (Å²) in [7, 11) is 0. The van der Waals surface area contributed by atoms with Gasteiger partial charge in [-0.3, -0.25) is 0 Å². The highest BCUT2D eigenvalue weighted by molar-refractivity contribution is 14.1. The van der Waals surface area contributed by atoms with Crippen LogP contribution < -0.4 is 11.1 Å². The molecule has 0 atom stereocenters. The van der Waals surface area contributed by atoms with E-state index in [9.17, 15) is 0 Å². The largest absolute Gasteiger partial charge is 0.399 e. The van der Waals surface area contributed by atoms with Gasteiger partial charge in [0.1, 0.15) is 6.33 Å². The fourth-order valence-corrected chi connectivity index (χ4v) is 2.01. The second-order valence-electron chi connectivity index (χ2n) is 3.29. The third-order valence-electron chi connectivity index (χ3n) is 2.10. The van der Waals surface area contributed by atoms with Crippen molar-refractivity contribution in [2.24, 2.45) is 0 Å². The van der Waals surface area contributed by atoms with Crippen molar-refractivity contribution in [1.29, 1.82) is 0 Å². The van der Waals surface area contributed by atoms with E-state index in [4.69, 9.17) is 5.73 Å². The molecule has 82 valence electrons. The van der Waals surface area contributed by atoms with Crippen molar-refractivity contribution in [3.63, 3.8) is 0 Å². The second kappa shape index (κ2) is 5.11. The zero-order valence-corrected chi connectivity index (χ0v) is 10.7. The molecule has 16 heavy (non-hydrogen) atoms. The summed E-state index contributed by atoms with van der Waals surface area (Å²) >= 11 is 2.25. The van der Waals surface area contributed by atoms with Crippen LogP contribution in [0.3, 0.4) is 0 Å². The summed E-state index contributed by atoms with van der Waals surface area (Å²) in [6.45, 7) is 0.683. The number of anilines is 2. The van der Waals surface area contributed by atoms with Gasteiger partial charge in [0.15, 0.2) is 0 Å². The molecular formula is C11H11IN4. The number of nitrogen functional groups attached to an aromatic ring is 1. The highest BCUT2D eigenvalue weighted by atomic mass is 127. The first-order chi connectivity index (χ1) is 7.75. The molecule has 0 bridgehead atoms. The lowest BCUT2D eigenvalue weighted by Gasteiger charge is -2.08. The molecule has 0 amide bonds. The number of nitrogens with one attached hydrogen (secondary N) is 1. The van der Waals surface area contributed by atoms with Gasteiger partial charge in [0.2, 0.25) is 0 Å². The molecule has 3 N–H and O–H groups in total. The summed E-state index contributed by atoms with van der Waals surface area (Å²) < 4.78 is 1.10. The van der Waals surface area contributed by atoms with Crippen LogP contribution in [0.25, 0.3) is 0 Å². The SMILES string of the molecule is Nc1ccc(NCc2ccncn2)c(I)c1. The standard InChI is InChI=1S/C11H11IN4/c12-10-5-8(13)1-2-11(10)15-6-9-3-4-14-7-16-9/h1-5,7,15H,6,13H2. The van der Waals surface area contributed by atoms with Crippen molar-refractivity contribution in [3.05, 3.63) is 46.1 Å². The molecule has 1 aromatic heterocycles. The average molecular weight is 326 g/mol. The Bertz CT molecular complexity index is 473. The predicted octanol–water partition coefficient (Wildman–Crippen LogP) is 2.28.